The monoisotopic (exact) mass is 719 g/mol. The Kier molecular flexibility index (Phi) is 13.3. The molecule has 4 aromatic rings. The average molecular weight is 720 g/mol. The van der Waals surface area contributed by atoms with Crippen LogP contribution in [0.5, 0.6) is 0 Å². The fourth-order valence-corrected chi connectivity index (χ4v) is 5.31. The lowest BCUT2D eigenvalue weighted by Crippen LogP contribution is -2.45. The molecule has 16 heteroatoms. The molecule has 0 saturated carbocycles. The molecular weight excluding hydrogens is 675 g/mol. The number of H-pyrrole nitrogens is 1. The van der Waals surface area contributed by atoms with Crippen molar-refractivity contribution in [3.8, 4) is 11.4 Å². The number of carbonyl (C=O) groups excluding carboxylic acids is 4. The van der Waals surface area contributed by atoms with E-state index in [1.807, 2.05) is 6.07 Å². The Labute approximate surface area is 297 Å². The van der Waals surface area contributed by atoms with Crippen molar-refractivity contribution in [3.63, 3.8) is 0 Å². The van der Waals surface area contributed by atoms with Gasteiger partial charge in [0.05, 0.1) is 18.6 Å². The molecule has 0 aliphatic rings. The highest BCUT2D eigenvalue weighted by molar-refractivity contribution is 6.76. The van der Waals surface area contributed by atoms with Gasteiger partial charge in [-0.3, -0.25) is 9.59 Å². The minimum absolute atomic E-state index is 0.0311. The van der Waals surface area contributed by atoms with Crippen molar-refractivity contribution < 1.29 is 38.1 Å². The summed E-state index contributed by atoms with van der Waals surface area (Å²) in [4.78, 5) is 60.1. The SMILES string of the molecule is CC(C)(C)OC(=O)CC(NC(=O)OCc1ccccc1)C(=O)Cn1nnc(-c2cccc(C(=O)OC(COCC[Si](C)(C)C)c3ncc[nH]3)c2)n1. The zero-order chi connectivity index (χ0) is 37.0. The molecule has 2 aromatic carbocycles. The van der Waals surface area contributed by atoms with Gasteiger partial charge in [0.1, 0.15) is 30.6 Å². The summed E-state index contributed by atoms with van der Waals surface area (Å²) in [5.41, 5.74) is 0.618. The van der Waals surface area contributed by atoms with Crippen molar-refractivity contribution >= 4 is 31.9 Å². The second-order valence-electron chi connectivity index (χ2n) is 14.0. The number of nitrogens with zero attached hydrogens (tertiary/aromatic N) is 5. The molecule has 0 radical (unpaired) electrons. The van der Waals surface area contributed by atoms with E-state index in [1.165, 1.54) is 0 Å². The van der Waals surface area contributed by atoms with Gasteiger partial charge < -0.3 is 29.2 Å². The van der Waals surface area contributed by atoms with Crippen molar-refractivity contribution in [2.45, 2.75) is 83.8 Å². The summed E-state index contributed by atoms with van der Waals surface area (Å²) in [5.74, 6) is -1.29. The van der Waals surface area contributed by atoms with E-state index in [0.29, 0.717) is 18.0 Å². The maximum absolute atomic E-state index is 13.4. The maximum atomic E-state index is 13.4. The Bertz CT molecular complexity index is 1750. The Morgan fingerprint density at radius 3 is 2.47 bits per heavy atom. The molecule has 0 aliphatic heterocycles. The first-order valence-electron chi connectivity index (χ1n) is 16.5. The topological polar surface area (TPSA) is 190 Å². The number of hydrogen-bond acceptors (Lipinski definition) is 12. The molecule has 2 heterocycles. The molecule has 15 nitrogen and oxygen atoms in total. The molecular formula is C35H45N7O8Si. The van der Waals surface area contributed by atoms with Crippen molar-refractivity contribution in [1.29, 1.82) is 0 Å². The van der Waals surface area contributed by atoms with Crippen LogP contribution in [0.15, 0.2) is 67.0 Å². The standard InChI is InChI=1S/C35H45N7O8Si/c1-35(2,3)50-30(44)20-27(38-34(46)48-22-24-11-8-7-9-12-24)28(43)21-42-40-31(39-41-42)25-13-10-14-26(19-25)33(45)49-29(32-36-15-16-37-32)23-47-17-18-51(4,5)6/h7-16,19,27,29H,17-18,20-23H2,1-6H3,(H,36,37)(H,38,46). The summed E-state index contributed by atoms with van der Waals surface area (Å²) in [5, 5.41) is 14.8. The number of ketones is 1. The first kappa shape index (κ1) is 38.6. The predicted octanol–water partition coefficient (Wildman–Crippen LogP) is 4.91. The molecule has 272 valence electrons. The Morgan fingerprint density at radius 2 is 1.78 bits per heavy atom. The van der Waals surface area contributed by atoms with Crippen LogP contribution in [0.2, 0.25) is 25.7 Å². The molecule has 2 aromatic heterocycles. The number of Topliss-reactive ketones (excluding diaryl/α,β-unsaturated/α-hetero) is 1. The van der Waals surface area contributed by atoms with E-state index in [0.717, 1.165) is 16.4 Å². The molecule has 0 fully saturated rings. The van der Waals surface area contributed by atoms with Crippen molar-refractivity contribution in [1.82, 2.24) is 35.5 Å². The predicted molar refractivity (Wildman–Crippen MR) is 188 cm³/mol. The highest BCUT2D eigenvalue weighted by atomic mass is 28.3. The van der Waals surface area contributed by atoms with E-state index in [4.69, 9.17) is 18.9 Å². The Balaban J connectivity index is 1.41. The minimum atomic E-state index is -1.30. The first-order valence-corrected chi connectivity index (χ1v) is 20.2. The summed E-state index contributed by atoms with van der Waals surface area (Å²) < 4.78 is 22.3. The van der Waals surface area contributed by atoms with Crippen molar-refractivity contribution in [3.05, 3.63) is 83.9 Å². The van der Waals surface area contributed by atoms with E-state index in [1.54, 1.807) is 81.7 Å². The zero-order valence-electron chi connectivity index (χ0n) is 29.8. The number of amides is 1. The molecule has 2 atom stereocenters. The van der Waals surface area contributed by atoms with Gasteiger partial charge in [-0.2, -0.15) is 4.80 Å². The molecule has 2 N–H and O–H groups in total. The lowest BCUT2D eigenvalue weighted by atomic mass is 10.1. The molecule has 2 unspecified atom stereocenters. The van der Waals surface area contributed by atoms with E-state index in [9.17, 15) is 19.2 Å². The summed E-state index contributed by atoms with van der Waals surface area (Å²) in [6.07, 6.45) is 1.15. The number of nitrogens with one attached hydrogen (secondary N) is 2. The van der Waals surface area contributed by atoms with Gasteiger partial charge in [0.15, 0.2) is 11.9 Å². The van der Waals surface area contributed by atoms with Crippen LogP contribution in [-0.4, -0.2) is 86.9 Å². The van der Waals surface area contributed by atoms with Crippen LogP contribution in [0, 0.1) is 0 Å². The van der Waals surface area contributed by atoms with Gasteiger partial charge in [-0.25, -0.2) is 14.6 Å². The number of rotatable bonds is 17. The zero-order valence-corrected chi connectivity index (χ0v) is 30.8. The number of hydrogen-bond donors (Lipinski definition) is 2. The molecule has 0 spiro atoms. The number of esters is 2. The van der Waals surface area contributed by atoms with Crippen LogP contribution < -0.4 is 5.32 Å². The molecule has 51 heavy (non-hydrogen) atoms. The number of carbonyl (C=O) groups is 4. The summed E-state index contributed by atoms with van der Waals surface area (Å²) in [7, 11) is -1.30. The van der Waals surface area contributed by atoms with E-state index >= 15 is 0 Å². The average Bonchev–Trinajstić information content (AvgIpc) is 3.77. The van der Waals surface area contributed by atoms with Gasteiger partial charge in [0.25, 0.3) is 0 Å². The van der Waals surface area contributed by atoms with Crippen molar-refractivity contribution in [2.75, 3.05) is 13.2 Å². The maximum Gasteiger partial charge on any atom is 0.408 e. The lowest BCUT2D eigenvalue weighted by Gasteiger charge is -2.22. The fraction of sp³-hybridized carbons (Fsp3) is 0.429. The third-order valence-corrected chi connectivity index (χ3v) is 8.83. The number of tetrazole rings is 1. The number of imidazole rings is 1. The number of aromatic nitrogens is 6. The number of alkyl carbamates (subject to hydrolysis) is 1. The third kappa shape index (κ3) is 13.2. The smallest absolute Gasteiger partial charge is 0.408 e. The van der Waals surface area contributed by atoms with Crippen LogP contribution in [0.1, 0.15) is 55.0 Å². The van der Waals surface area contributed by atoms with Crippen LogP contribution >= 0.6 is 0 Å². The van der Waals surface area contributed by atoms with E-state index in [-0.39, 0.29) is 24.6 Å². The van der Waals surface area contributed by atoms with Gasteiger partial charge in [-0.05, 0) is 49.7 Å². The molecule has 0 bridgehead atoms. The van der Waals surface area contributed by atoms with Gasteiger partial charge in [-0.1, -0.05) is 62.1 Å². The minimum Gasteiger partial charge on any atom is -0.460 e. The first-order chi connectivity index (χ1) is 24.1. The summed E-state index contributed by atoms with van der Waals surface area (Å²) in [6, 6.07) is 15.1. The van der Waals surface area contributed by atoms with E-state index in [2.05, 4.69) is 50.3 Å². The van der Waals surface area contributed by atoms with Crippen LogP contribution in [0.25, 0.3) is 11.4 Å². The van der Waals surface area contributed by atoms with Crippen LogP contribution in [0.3, 0.4) is 0 Å². The van der Waals surface area contributed by atoms with Crippen LogP contribution in [-0.2, 0) is 41.7 Å². The van der Waals surface area contributed by atoms with Gasteiger partial charge >= 0.3 is 18.0 Å². The Morgan fingerprint density at radius 1 is 1.02 bits per heavy atom. The summed E-state index contributed by atoms with van der Waals surface area (Å²) >= 11 is 0. The highest BCUT2D eigenvalue weighted by Gasteiger charge is 2.29. The molecule has 0 saturated heterocycles. The summed E-state index contributed by atoms with van der Waals surface area (Å²) in [6.45, 7) is 12.1. The molecule has 4 rings (SSSR count). The Hall–Kier alpha value is -5.22. The molecule has 1 amide bonds. The second-order valence-corrected chi connectivity index (χ2v) is 19.6. The number of ether oxygens (including phenoxy) is 4. The lowest BCUT2D eigenvalue weighted by molar-refractivity contribution is -0.156. The number of benzene rings is 2. The van der Waals surface area contributed by atoms with Gasteiger partial charge in [-0.15, -0.1) is 10.2 Å². The number of aromatic amines is 1. The van der Waals surface area contributed by atoms with Crippen LogP contribution in [0.4, 0.5) is 4.79 Å². The third-order valence-electron chi connectivity index (χ3n) is 7.13. The largest absolute Gasteiger partial charge is 0.460 e. The fourth-order valence-electron chi connectivity index (χ4n) is 4.55. The van der Waals surface area contributed by atoms with Gasteiger partial charge in [0, 0.05) is 32.6 Å². The van der Waals surface area contributed by atoms with Crippen molar-refractivity contribution in [2.24, 2.45) is 0 Å². The normalized spacial score (nSPS) is 12.8. The van der Waals surface area contributed by atoms with E-state index < -0.39 is 62.6 Å². The highest BCUT2D eigenvalue weighted by Crippen LogP contribution is 2.21. The molecule has 0 aliphatic carbocycles. The van der Waals surface area contributed by atoms with Gasteiger partial charge in [0.2, 0.25) is 5.82 Å². The second kappa shape index (κ2) is 17.6. The quantitative estimate of drug-likeness (QED) is 0.0650.